The Labute approximate surface area is 114 Å². The number of benzene rings is 1. The molecule has 0 saturated carbocycles. The number of ether oxygens (including phenoxy) is 1. The maximum atomic E-state index is 6.19. The van der Waals surface area contributed by atoms with Crippen molar-refractivity contribution in [3.8, 4) is 0 Å². The summed E-state index contributed by atoms with van der Waals surface area (Å²) >= 11 is 0. The van der Waals surface area contributed by atoms with Gasteiger partial charge in [-0.2, -0.15) is 0 Å². The Morgan fingerprint density at radius 1 is 1.37 bits per heavy atom. The monoisotopic (exact) mass is 261 g/mol. The highest BCUT2D eigenvalue weighted by Gasteiger charge is 2.14. The van der Waals surface area contributed by atoms with E-state index in [1.54, 1.807) is 7.11 Å². The van der Waals surface area contributed by atoms with Gasteiger partial charge < -0.3 is 15.0 Å². The van der Waals surface area contributed by atoms with E-state index in [-0.39, 0.29) is 12.1 Å². The van der Waals surface area contributed by atoms with Crippen molar-refractivity contribution in [1.82, 2.24) is 9.55 Å². The SMILES string of the molecule is CCn1c(CC(N)CC(C)OC)nc2ccccc21. The Kier molecular flexibility index (Phi) is 4.56. The summed E-state index contributed by atoms with van der Waals surface area (Å²) in [4.78, 5) is 4.70. The molecule has 1 aromatic carbocycles. The summed E-state index contributed by atoms with van der Waals surface area (Å²) in [6, 6.07) is 8.31. The van der Waals surface area contributed by atoms with Crippen LogP contribution in [0.3, 0.4) is 0 Å². The highest BCUT2D eigenvalue weighted by atomic mass is 16.5. The maximum Gasteiger partial charge on any atom is 0.111 e. The zero-order valence-electron chi connectivity index (χ0n) is 12.0. The Morgan fingerprint density at radius 3 is 2.79 bits per heavy atom. The van der Waals surface area contributed by atoms with E-state index in [2.05, 4.69) is 17.6 Å². The van der Waals surface area contributed by atoms with Crippen LogP contribution in [0.15, 0.2) is 24.3 Å². The van der Waals surface area contributed by atoms with E-state index in [1.165, 1.54) is 5.52 Å². The van der Waals surface area contributed by atoms with E-state index in [4.69, 9.17) is 15.5 Å². The van der Waals surface area contributed by atoms with Gasteiger partial charge in [-0.05, 0) is 32.4 Å². The number of fused-ring (bicyclic) bond motifs is 1. The van der Waals surface area contributed by atoms with E-state index in [1.807, 2.05) is 25.1 Å². The van der Waals surface area contributed by atoms with Crippen molar-refractivity contribution >= 4 is 11.0 Å². The molecule has 2 N–H and O–H groups in total. The standard InChI is InChI=1S/C15H23N3O/c1-4-18-14-8-6-5-7-13(14)17-15(18)10-12(16)9-11(2)19-3/h5-8,11-12H,4,9-10,16H2,1-3H3. The second-order valence-electron chi connectivity index (χ2n) is 5.01. The van der Waals surface area contributed by atoms with Crippen LogP contribution in [-0.2, 0) is 17.7 Å². The van der Waals surface area contributed by atoms with Crippen LogP contribution >= 0.6 is 0 Å². The average molecular weight is 261 g/mol. The van der Waals surface area contributed by atoms with Crippen LogP contribution in [0.4, 0.5) is 0 Å². The number of imidazole rings is 1. The Bertz CT molecular complexity index is 535. The van der Waals surface area contributed by atoms with E-state index in [9.17, 15) is 0 Å². The van der Waals surface area contributed by atoms with Gasteiger partial charge >= 0.3 is 0 Å². The van der Waals surface area contributed by atoms with Gasteiger partial charge in [0.15, 0.2) is 0 Å². The van der Waals surface area contributed by atoms with Crippen molar-refractivity contribution in [3.05, 3.63) is 30.1 Å². The molecule has 1 heterocycles. The molecule has 0 aliphatic heterocycles. The van der Waals surface area contributed by atoms with Crippen molar-refractivity contribution in [3.63, 3.8) is 0 Å². The van der Waals surface area contributed by atoms with Crippen molar-refractivity contribution in [1.29, 1.82) is 0 Å². The number of para-hydroxylation sites is 2. The van der Waals surface area contributed by atoms with Crippen LogP contribution in [0, 0.1) is 0 Å². The molecule has 1 aromatic heterocycles. The third-order valence-corrected chi connectivity index (χ3v) is 3.53. The summed E-state index contributed by atoms with van der Waals surface area (Å²) in [6.07, 6.45) is 1.83. The Hall–Kier alpha value is -1.39. The second-order valence-corrected chi connectivity index (χ2v) is 5.01. The van der Waals surface area contributed by atoms with Crippen LogP contribution in [0.1, 0.15) is 26.1 Å². The van der Waals surface area contributed by atoms with Crippen LogP contribution in [0.5, 0.6) is 0 Å². The summed E-state index contributed by atoms with van der Waals surface area (Å²) in [7, 11) is 1.72. The molecule has 2 rings (SSSR count). The van der Waals surface area contributed by atoms with Gasteiger partial charge in [0.1, 0.15) is 5.82 Å². The predicted octanol–water partition coefficient (Wildman–Crippen LogP) is 2.35. The highest BCUT2D eigenvalue weighted by molar-refractivity contribution is 5.75. The van der Waals surface area contributed by atoms with Gasteiger partial charge in [0, 0.05) is 26.1 Å². The molecule has 4 heteroatoms. The average Bonchev–Trinajstić information content (AvgIpc) is 2.75. The molecule has 0 amide bonds. The molecule has 2 aromatic rings. The van der Waals surface area contributed by atoms with Crippen molar-refractivity contribution in [2.24, 2.45) is 5.73 Å². The number of rotatable bonds is 6. The predicted molar refractivity (Wildman–Crippen MR) is 78.2 cm³/mol. The van der Waals surface area contributed by atoms with Crippen LogP contribution in [-0.4, -0.2) is 28.8 Å². The second kappa shape index (κ2) is 6.17. The van der Waals surface area contributed by atoms with Crippen molar-refractivity contribution < 1.29 is 4.74 Å². The minimum absolute atomic E-state index is 0.0806. The van der Waals surface area contributed by atoms with Gasteiger partial charge in [-0.25, -0.2) is 4.98 Å². The van der Waals surface area contributed by atoms with Crippen LogP contribution in [0.2, 0.25) is 0 Å². The number of nitrogens with zero attached hydrogens (tertiary/aromatic N) is 2. The minimum atomic E-state index is 0.0806. The first-order valence-electron chi connectivity index (χ1n) is 6.88. The van der Waals surface area contributed by atoms with Gasteiger partial charge in [-0.3, -0.25) is 0 Å². The van der Waals surface area contributed by atoms with Gasteiger partial charge in [0.2, 0.25) is 0 Å². The Morgan fingerprint density at radius 2 is 2.11 bits per heavy atom. The maximum absolute atomic E-state index is 6.19. The third-order valence-electron chi connectivity index (χ3n) is 3.53. The van der Waals surface area contributed by atoms with Gasteiger partial charge in [-0.15, -0.1) is 0 Å². The lowest BCUT2D eigenvalue weighted by atomic mass is 10.1. The van der Waals surface area contributed by atoms with Gasteiger partial charge in [0.25, 0.3) is 0 Å². The molecular formula is C15H23N3O. The molecule has 19 heavy (non-hydrogen) atoms. The van der Waals surface area contributed by atoms with Crippen molar-refractivity contribution in [2.75, 3.05) is 7.11 Å². The third kappa shape index (κ3) is 3.14. The molecule has 0 radical (unpaired) electrons. The molecule has 4 nitrogen and oxygen atoms in total. The lowest BCUT2D eigenvalue weighted by Gasteiger charge is -2.16. The molecule has 0 saturated heterocycles. The van der Waals surface area contributed by atoms with E-state index < -0.39 is 0 Å². The van der Waals surface area contributed by atoms with E-state index in [0.29, 0.717) is 0 Å². The zero-order valence-corrected chi connectivity index (χ0v) is 12.0. The first-order valence-corrected chi connectivity index (χ1v) is 6.88. The van der Waals surface area contributed by atoms with E-state index >= 15 is 0 Å². The molecule has 0 aliphatic carbocycles. The minimum Gasteiger partial charge on any atom is -0.382 e. The van der Waals surface area contributed by atoms with Crippen LogP contribution in [0.25, 0.3) is 11.0 Å². The number of nitrogens with two attached hydrogens (primary N) is 1. The topological polar surface area (TPSA) is 53.1 Å². The molecule has 0 aliphatic rings. The first kappa shape index (κ1) is 14.0. The van der Waals surface area contributed by atoms with E-state index in [0.717, 1.165) is 30.7 Å². The lowest BCUT2D eigenvalue weighted by Crippen LogP contribution is -2.29. The number of aryl methyl sites for hydroxylation is 1. The molecule has 0 bridgehead atoms. The normalized spacial score (nSPS) is 14.7. The number of hydrogen-bond acceptors (Lipinski definition) is 3. The summed E-state index contributed by atoms with van der Waals surface area (Å²) in [5.41, 5.74) is 8.43. The smallest absolute Gasteiger partial charge is 0.111 e. The summed E-state index contributed by atoms with van der Waals surface area (Å²) in [5, 5.41) is 0. The molecule has 104 valence electrons. The highest BCUT2D eigenvalue weighted by Crippen LogP contribution is 2.17. The molecule has 2 atom stereocenters. The van der Waals surface area contributed by atoms with Crippen molar-refractivity contribution in [2.45, 2.75) is 45.4 Å². The largest absolute Gasteiger partial charge is 0.382 e. The molecule has 0 fully saturated rings. The summed E-state index contributed by atoms with van der Waals surface area (Å²) in [6.45, 7) is 5.10. The molecular weight excluding hydrogens is 238 g/mol. The summed E-state index contributed by atoms with van der Waals surface area (Å²) in [5.74, 6) is 1.07. The Balaban J connectivity index is 2.20. The fraction of sp³-hybridized carbons (Fsp3) is 0.533. The fourth-order valence-electron chi connectivity index (χ4n) is 2.47. The quantitative estimate of drug-likeness (QED) is 0.868. The fourth-order valence-corrected chi connectivity index (χ4v) is 2.47. The van der Waals surface area contributed by atoms with Crippen LogP contribution < -0.4 is 5.73 Å². The first-order chi connectivity index (χ1) is 9.15. The lowest BCUT2D eigenvalue weighted by molar-refractivity contribution is 0.104. The van der Waals surface area contributed by atoms with Gasteiger partial charge in [0.05, 0.1) is 17.1 Å². The summed E-state index contributed by atoms with van der Waals surface area (Å²) < 4.78 is 7.51. The number of hydrogen-bond donors (Lipinski definition) is 1. The number of aromatic nitrogens is 2. The molecule has 0 spiro atoms. The number of methoxy groups -OCH3 is 1. The van der Waals surface area contributed by atoms with Gasteiger partial charge in [-0.1, -0.05) is 12.1 Å². The molecule has 2 unspecified atom stereocenters. The zero-order chi connectivity index (χ0) is 13.8.